The molecule has 0 radical (unpaired) electrons. The van der Waals surface area contributed by atoms with Crippen molar-refractivity contribution < 1.29 is 27.1 Å². The lowest BCUT2D eigenvalue weighted by Gasteiger charge is -2.34. The fraction of sp³-hybridized carbons (Fsp3) is 0.391. The Morgan fingerprint density at radius 2 is 1.56 bits per heavy atom. The normalized spacial score (nSPS) is 18.0. The second kappa shape index (κ2) is 10.6. The Bertz CT molecular complexity index is 1130. The van der Waals surface area contributed by atoms with Crippen LogP contribution in [0.4, 0.5) is 10.1 Å². The number of anilines is 1. The molecule has 34 heavy (non-hydrogen) atoms. The topological polar surface area (TPSA) is 99.3 Å². The van der Waals surface area contributed by atoms with Gasteiger partial charge in [-0.1, -0.05) is 12.1 Å². The van der Waals surface area contributed by atoms with Crippen LogP contribution < -0.4 is 5.32 Å². The van der Waals surface area contributed by atoms with Crippen molar-refractivity contribution in [1.29, 1.82) is 0 Å². The molecule has 4 rings (SSSR count). The van der Waals surface area contributed by atoms with Gasteiger partial charge in [-0.2, -0.15) is 4.31 Å². The van der Waals surface area contributed by atoms with E-state index in [-0.39, 0.29) is 28.8 Å². The van der Waals surface area contributed by atoms with E-state index in [1.165, 1.54) is 28.6 Å². The Hall–Kier alpha value is -2.86. The summed E-state index contributed by atoms with van der Waals surface area (Å²) in [6.07, 6.45) is 0. The lowest BCUT2D eigenvalue weighted by Crippen LogP contribution is -2.50. The second-order valence-electron chi connectivity index (χ2n) is 8.14. The maximum absolute atomic E-state index is 13.9. The number of piperazine rings is 1. The molecule has 2 saturated heterocycles. The van der Waals surface area contributed by atoms with Crippen molar-refractivity contribution in [1.82, 2.24) is 14.1 Å². The van der Waals surface area contributed by atoms with Gasteiger partial charge >= 0.3 is 0 Å². The molecular weight excluding hydrogens is 463 g/mol. The average molecular weight is 491 g/mol. The number of carbonyl (C=O) groups is 2. The van der Waals surface area contributed by atoms with Gasteiger partial charge in [-0.05, 0) is 36.4 Å². The monoisotopic (exact) mass is 490 g/mol. The van der Waals surface area contributed by atoms with Crippen molar-refractivity contribution in [2.45, 2.75) is 4.90 Å². The molecule has 0 aliphatic carbocycles. The van der Waals surface area contributed by atoms with Crippen molar-refractivity contribution in [2.24, 2.45) is 0 Å². The highest BCUT2D eigenvalue weighted by atomic mass is 32.2. The van der Waals surface area contributed by atoms with Gasteiger partial charge in [-0.3, -0.25) is 14.5 Å². The van der Waals surface area contributed by atoms with Crippen molar-refractivity contribution >= 4 is 27.5 Å². The zero-order chi connectivity index (χ0) is 24.1. The van der Waals surface area contributed by atoms with Crippen LogP contribution in [0.2, 0.25) is 0 Å². The van der Waals surface area contributed by atoms with E-state index in [0.29, 0.717) is 58.2 Å². The minimum atomic E-state index is -3.59. The molecule has 2 fully saturated rings. The standard InChI is InChI=1S/C23H27FN4O5S/c24-21-4-2-1-3-20(21)23(30)27-11-9-26(10-12-27)17-22(29)25-18-5-7-19(8-6-18)34(31,32)28-13-15-33-16-14-28/h1-8H,9-17H2,(H,25,29). The summed E-state index contributed by atoms with van der Waals surface area (Å²) >= 11 is 0. The number of ether oxygens (including phenoxy) is 1. The van der Waals surface area contributed by atoms with Crippen molar-refractivity contribution in [3.63, 3.8) is 0 Å². The lowest BCUT2D eigenvalue weighted by molar-refractivity contribution is -0.117. The third kappa shape index (κ3) is 5.61. The molecule has 182 valence electrons. The van der Waals surface area contributed by atoms with Crippen LogP contribution >= 0.6 is 0 Å². The van der Waals surface area contributed by atoms with E-state index in [4.69, 9.17) is 4.74 Å². The Kier molecular flexibility index (Phi) is 7.57. The number of carbonyl (C=O) groups excluding carboxylic acids is 2. The predicted molar refractivity (Wildman–Crippen MR) is 123 cm³/mol. The van der Waals surface area contributed by atoms with Crippen LogP contribution in [0.1, 0.15) is 10.4 Å². The number of nitrogens with one attached hydrogen (secondary N) is 1. The maximum Gasteiger partial charge on any atom is 0.256 e. The quantitative estimate of drug-likeness (QED) is 0.654. The van der Waals surface area contributed by atoms with E-state index in [0.717, 1.165) is 0 Å². The van der Waals surface area contributed by atoms with Crippen molar-refractivity contribution in [3.8, 4) is 0 Å². The van der Waals surface area contributed by atoms with Gasteiger partial charge in [0.15, 0.2) is 0 Å². The first kappa shape index (κ1) is 24.3. The summed E-state index contributed by atoms with van der Waals surface area (Å²) in [4.78, 5) is 28.7. The second-order valence-corrected chi connectivity index (χ2v) is 10.1. The fourth-order valence-electron chi connectivity index (χ4n) is 3.96. The molecule has 2 aliphatic rings. The first-order valence-corrected chi connectivity index (χ1v) is 12.5. The van der Waals surface area contributed by atoms with E-state index in [1.807, 2.05) is 4.90 Å². The highest BCUT2D eigenvalue weighted by Gasteiger charge is 2.27. The first-order valence-electron chi connectivity index (χ1n) is 11.1. The van der Waals surface area contributed by atoms with Crippen LogP contribution in [0.3, 0.4) is 0 Å². The number of benzene rings is 2. The Labute approximate surface area is 198 Å². The van der Waals surface area contributed by atoms with E-state index < -0.39 is 15.8 Å². The van der Waals surface area contributed by atoms with Crippen LogP contribution in [0.25, 0.3) is 0 Å². The molecule has 0 aromatic heterocycles. The number of amides is 2. The zero-order valence-corrected chi connectivity index (χ0v) is 19.5. The third-order valence-electron chi connectivity index (χ3n) is 5.88. The number of rotatable bonds is 6. The summed E-state index contributed by atoms with van der Waals surface area (Å²) in [5.41, 5.74) is 0.548. The predicted octanol–water partition coefficient (Wildman–Crippen LogP) is 1.24. The molecule has 11 heteroatoms. The average Bonchev–Trinajstić information content (AvgIpc) is 2.85. The Balaban J connectivity index is 1.27. The van der Waals surface area contributed by atoms with Gasteiger partial charge in [-0.15, -0.1) is 0 Å². The molecule has 2 aliphatic heterocycles. The third-order valence-corrected chi connectivity index (χ3v) is 7.79. The SMILES string of the molecule is O=C(CN1CCN(C(=O)c2ccccc2F)CC1)Nc1ccc(S(=O)(=O)N2CCOCC2)cc1. The van der Waals surface area contributed by atoms with Crippen LogP contribution in [0, 0.1) is 5.82 Å². The minimum Gasteiger partial charge on any atom is -0.379 e. The fourth-order valence-corrected chi connectivity index (χ4v) is 5.37. The largest absolute Gasteiger partial charge is 0.379 e. The molecule has 2 amide bonds. The van der Waals surface area contributed by atoms with Crippen LogP contribution in [0.15, 0.2) is 53.4 Å². The van der Waals surface area contributed by atoms with Gasteiger partial charge in [0.2, 0.25) is 15.9 Å². The Morgan fingerprint density at radius 1 is 0.912 bits per heavy atom. The van der Waals surface area contributed by atoms with Gasteiger partial charge < -0.3 is 15.0 Å². The molecule has 0 unspecified atom stereocenters. The van der Waals surface area contributed by atoms with E-state index in [9.17, 15) is 22.4 Å². The number of nitrogens with zero attached hydrogens (tertiary/aromatic N) is 3. The highest BCUT2D eigenvalue weighted by Crippen LogP contribution is 2.19. The molecule has 0 atom stereocenters. The molecule has 1 N–H and O–H groups in total. The van der Waals surface area contributed by atoms with Gasteiger partial charge in [0.05, 0.1) is 30.2 Å². The first-order chi connectivity index (χ1) is 16.3. The molecule has 2 heterocycles. The molecule has 9 nitrogen and oxygen atoms in total. The molecule has 0 bridgehead atoms. The van der Waals surface area contributed by atoms with Gasteiger partial charge in [0.25, 0.3) is 5.91 Å². The summed E-state index contributed by atoms with van der Waals surface area (Å²) in [7, 11) is -3.59. The molecule has 2 aromatic carbocycles. The van der Waals surface area contributed by atoms with Crippen LogP contribution in [0.5, 0.6) is 0 Å². The van der Waals surface area contributed by atoms with Gasteiger partial charge in [0, 0.05) is 45.0 Å². The van der Waals surface area contributed by atoms with Crippen molar-refractivity contribution in [2.75, 3.05) is 64.3 Å². The minimum absolute atomic E-state index is 0.0489. The summed E-state index contributed by atoms with van der Waals surface area (Å²) in [5, 5.41) is 2.78. The van der Waals surface area contributed by atoms with Crippen LogP contribution in [-0.2, 0) is 19.6 Å². The zero-order valence-electron chi connectivity index (χ0n) is 18.7. The number of hydrogen-bond donors (Lipinski definition) is 1. The summed E-state index contributed by atoms with van der Waals surface area (Å²) in [5.74, 6) is -1.13. The maximum atomic E-state index is 13.9. The number of halogens is 1. The number of morpholine rings is 1. The number of hydrogen-bond acceptors (Lipinski definition) is 6. The van der Waals surface area contributed by atoms with Gasteiger partial charge in [-0.25, -0.2) is 12.8 Å². The lowest BCUT2D eigenvalue weighted by atomic mass is 10.1. The van der Waals surface area contributed by atoms with E-state index >= 15 is 0 Å². The van der Waals surface area contributed by atoms with Crippen molar-refractivity contribution in [3.05, 3.63) is 59.9 Å². The molecular formula is C23H27FN4O5S. The van der Waals surface area contributed by atoms with Gasteiger partial charge in [0.1, 0.15) is 5.82 Å². The van der Waals surface area contributed by atoms with Crippen LogP contribution in [-0.4, -0.2) is 93.4 Å². The summed E-state index contributed by atoms with van der Waals surface area (Å²) < 4.78 is 45.9. The van der Waals surface area contributed by atoms with E-state index in [2.05, 4.69) is 5.32 Å². The highest BCUT2D eigenvalue weighted by molar-refractivity contribution is 7.89. The smallest absolute Gasteiger partial charge is 0.256 e. The number of sulfonamides is 1. The molecule has 0 saturated carbocycles. The molecule has 2 aromatic rings. The molecule has 0 spiro atoms. The van der Waals surface area contributed by atoms with E-state index in [1.54, 1.807) is 29.2 Å². The summed E-state index contributed by atoms with van der Waals surface area (Å²) in [6.45, 7) is 3.30. The Morgan fingerprint density at radius 3 is 2.21 bits per heavy atom. The summed E-state index contributed by atoms with van der Waals surface area (Å²) in [6, 6.07) is 12.0.